The first-order valence-electron chi connectivity index (χ1n) is 5.44. The number of aromatic nitrogens is 1. The minimum atomic E-state index is -1.04. The topological polar surface area (TPSA) is 96.5 Å². The summed E-state index contributed by atoms with van der Waals surface area (Å²) in [5.74, 6) is -0.963. The molecule has 0 aromatic carbocycles. The van der Waals surface area contributed by atoms with Gasteiger partial charge in [-0.3, -0.25) is 4.79 Å². The number of carbonyl (C=O) groups is 2. The van der Waals surface area contributed by atoms with Crippen molar-refractivity contribution in [2.45, 2.75) is 6.92 Å². The van der Waals surface area contributed by atoms with Gasteiger partial charge in [0.15, 0.2) is 0 Å². The molecule has 1 aromatic heterocycles. The lowest BCUT2D eigenvalue weighted by molar-refractivity contribution is -0.131. The third-order valence-corrected chi connectivity index (χ3v) is 2.25. The maximum absolute atomic E-state index is 11.0. The van der Waals surface area contributed by atoms with Crippen molar-refractivity contribution in [1.29, 1.82) is 0 Å². The Balaban J connectivity index is 3.06. The molecule has 0 radical (unpaired) electrons. The maximum atomic E-state index is 11.0. The summed E-state index contributed by atoms with van der Waals surface area (Å²) in [5, 5.41) is 8.61. The fraction of sp³-hybridized carbons (Fsp3) is 0.250. The number of likely N-dealkylation sites (N-methyl/N-ethyl adjacent to an activating group) is 1. The first-order chi connectivity index (χ1) is 8.54. The highest BCUT2D eigenvalue weighted by Crippen LogP contribution is 2.18. The molecule has 1 heterocycles. The molecule has 1 amide bonds. The van der Waals surface area contributed by atoms with Crippen molar-refractivity contribution < 1.29 is 14.7 Å². The van der Waals surface area contributed by atoms with Gasteiger partial charge in [-0.1, -0.05) is 0 Å². The highest BCUT2D eigenvalue weighted by molar-refractivity contribution is 5.87. The van der Waals surface area contributed by atoms with E-state index in [9.17, 15) is 9.59 Å². The van der Waals surface area contributed by atoms with Crippen LogP contribution in [0.5, 0.6) is 0 Å². The van der Waals surface area contributed by atoms with Crippen LogP contribution in [0.25, 0.3) is 6.08 Å². The van der Waals surface area contributed by atoms with Crippen LogP contribution in [0.2, 0.25) is 0 Å². The molecule has 18 heavy (non-hydrogen) atoms. The van der Waals surface area contributed by atoms with Gasteiger partial charge in [-0.15, -0.1) is 0 Å². The van der Waals surface area contributed by atoms with E-state index in [0.717, 1.165) is 6.08 Å². The molecule has 3 N–H and O–H groups in total. The molecular formula is C12H15N3O3. The van der Waals surface area contributed by atoms with E-state index in [0.29, 0.717) is 17.9 Å². The number of hydrogen-bond donors (Lipinski definition) is 2. The van der Waals surface area contributed by atoms with Crippen molar-refractivity contribution in [1.82, 2.24) is 4.98 Å². The molecule has 0 saturated heterocycles. The zero-order valence-corrected chi connectivity index (χ0v) is 10.0. The van der Waals surface area contributed by atoms with E-state index in [4.69, 9.17) is 10.8 Å². The van der Waals surface area contributed by atoms with Gasteiger partial charge in [0.25, 0.3) is 0 Å². The van der Waals surface area contributed by atoms with Crippen molar-refractivity contribution >= 4 is 23.8 Å². The number of primary amides is 1. The molecule has 0 aliphatic rings. The first kappa shape index (κ1) is 13.7. The van der Waals surface area contributed by atoms with Gasteiger partial charge in [-0.25, -0.2) is 9.78 Å². The van der Waals surface area contributed by atoms with Crippen molar-refractivity contribution in [2.75, 3.05) is 18.0 Å². The third kappa shape index (κ3) is 3.89. The van der Waals surface area contributed by atoms with Crippen molar-refractivity contribution in [3.8, 4) is 0 Å². The average molecular weight is 249 g/mol. The van der Waals surface area contributed by atoms with Gasteiger partial charge >= 0.3 is 5.97 Å². The number of aliphatic carboxylic acids is 1. The molecule has 0 unspecified atom stereocenters. The normalized spacial score (nSPS) is 10.5. The van der Waals surface area contributed by atoms with Gasteiger partial charge < -0.3 is 15.7 Å². The maximum Gasteiger partial charge on any atom is 0.328 e. The Morgan fingerprint density at radius 2 is 2.28 bits per heavy atom. The van der Waals surface area contributed by atoms with Crippen LogP contribution in [-0.4, -0.2) is 35.1 Å². The molecule has 6 nitrogen and oxygen atoms in total. The van der Waals surface area contributed by atoms with Gasteiger partial charge in [0.2, 0.25) is 5.91 Å². The third-order valence-electron chi connectivity index (χ3n) is 2.25. The lowest BCUT2D eigenvalue weighted by atomic mass is 10.2. The number of carbonyl (C=O) groups excluding carboxylic acids is 1. The zero-order chi connectivity index (χ0) is 13.5. The van der Waals surface area contributed by atoms with Crippen LogP contribution in [0.4, 0.5) is 5.82 Å². The van der Waals surface area contributed by atoms with Crippen LogP contribution in [0.15, 0.2) is 24.4 Å². The van der Waals surface area contributed by atoms with Crippen molar-refractivity contribution in [3.63, 3.8) is 0 Å². The second-order valence-electron chi connectivity index (χ2n) is 3.57. The smallest absolute Gasteiger partial charge is 0.328 e. The molecule has 1 rings (SSSR count). The number of nitrogens with two attached hydrogens (primary N) is 1. The van der Waals surface area contributed by atoms with Crippen LogP contribution < -0.4 is 10.6 Å². The summed E-state index contributed by atoms with van der Waals surface area (Å²) in [7, 11) is 0. The Bertz CT molecular complexity index is 471. The van der Waals surface area contributed by atoms with Gasteiger partial charge in [0, 0.05) is 24.4 Å². The number of amides is 1. The minimum absolute atomic E-state index is 0.0431. The average Bonchev–Trinajstić information content (AvgIpc) is 2.33. The van der Waals surface area contributed by atoms with E-state index in [2.05, 4.69) is 4.98 Å². The van der Waals surface area contributed by atoms with Gasteiger partial charge in [-0.05, 0) is 25.1 Å². The number of carboxylic acids is 1. The second kappa shape index (κ2) is 6.39. The Morgan fingerprint density at radius 1 is 1.56 bits per heavy atom. The number of anilines is 1. The van der Waals surface area contributed by atoms with E-state index >= 15 is 0 Å². The number of carboxylic acid groups (broad SMARTS) is 1. The fourth-order valence-electron chi connectivity index (χ4n) is 1.49. The summed E-state index contributed by atoms with van der Waals surface area (Å²) < 4.78 is 0. The fourth-order valence-corrected chi connectivity index (χ4v) is 1.49. The standard InChI is InChI=1S/C12H15N3O3/c1-2-15(8-10(13)16)12-9(4-3-7-14-12)5-6-11(17)18/h3-7H,2,8H2,1H3,(H2,13,16)(H,17,18)/b6-5+. The molecule has 0 aliphatic heterocycles. The van der Waals surface area contributed by atoms with Gasteiger partial charge in [0.05, 0.1) is 6.54 Å². The lowest BCUT2D eigenvalue weighted by Crippen LogP contribution is -2.34. The number of hydrogen-bond acceptors (Lipinski definition) is 4. The predicted molar refractivity (Wildman–Crippen MR) is 68.0 cm³/mol. The summed E-state index contributed by atoms with van der Waals surface area (Å²) in [6, 6.07) is 3.43. The monoisotopic (exact) mass is 249 g/mol. The highest BCUT2D eigenvalue weighted by Gasteiger charge is 2.11. The van der Waals surface area contributed by atoms with Crippen LogP contribution in [0.3, 0.4) is 0 Å². The zero-order valence-electron chi connectivity index (χ0n) is 10.0. The van der Waals surface area contributed by atoms with Crippen LogP contribution in [-0.2, 0) is 9.59 Å². The van der Waals surface area contributed by atoms with E-state index in [1.807, 2.05) is 6.92 Å². The van der Waals surface area contributed by atoms with Gasteiger partial charge in [0.1, 0.15) is 5.82 Å². The predicted octanol–water partition coefficient (Wildman–Crippen LogP) is 0.491. The SMILES string of the molecule is CCN(CC(N)=O)c1ncccc1/C=C/C(=O)O. The Labute approximate surface area is 105 Å². The molecule has 1 aromatic rings. The van der Waals surface area contributed by atoms with E-state index in [-0.39, 0.29) is 6.54 Å². The lowest BCUT2D eigenvalue weighted by Gasteiger charge is -2.21. The minimum Gasteiger partial charge on any atom is -0.478 e. The van der Waals surface area contributed by atoms with Crippen molar-refractivity contribution in [3.05, 3.63) is 30.0 Å². The number of nitrogens with zero attached hydrogens (tertiary/aromatic N) is 2. The Kier molecular flexibility index (Phi) is 4.86. The number of rotatable bonds is 6. The summed E-state index contributed by atoms with van der Waals surface area (Å²) in [4.78, 5) is 27.3. The molecule has 0 atom stereocenters. The van der Waals surface area contributed by atoms with E-state index < -0.39 is 11.9 Å². The largest absolute Gasteiger partial charge is 0.478 e. The van der Waals surface area contributed by atoms with Crippen molar-refractivity contribution in [2.24, 2.45) is 5.73 Å². The van der Waals surface area contributed by atoms with Crippen LogP contribution in [0, 0.1) is 0 Å². The van der Waals surface area contributed by atoms with E-state index in [1.54, 1.807) is 23.2 Å². The summed E-state index contributed by atoms with van der Waals surface area (Å²) >= 11 is 0. The molecule has 96 valence electrons. The molecule has 6 heteroatoms. The first-order valence-corrected chi connectivity index (χ1v) is 5.44. The summed E-state index contributed by atoms with van der Waals surface area (Å²) in [5.41, 5.74) is 5.79. The molecule has 0 saturated carbocycles. The highest BCUT2D eigenvalue weighted by atomic mass is 16.4. The summed E-state index contributed by atoms with van der Waals surface area (Å²) in [6.07, 6.45) is 4.05. The van der Waals surface area contributed by atoms with Crippen LogP contribution in [0.1, 0.15) is 12.5 Å². The van der Waals surface area contributed by atoms with Crippen LogP contribution >= 0.6 is 0 Å². The Morgan fingerprint density at radius 3 is 2.83 bits per heavy atom. The Hall–Kier alpha value is -2.37. The summed E-state index contributed by atoms with van der Waals surface area (Å²) in [6.45, 7) is 2.46. The molecule has 0 bridgehead atoms. The molecular weight excluding hydrogens is 234 g/mol. The molecule has 0 fully saturated rings. The van der Waals surface area contributed by atoms with Gasteiger partial charge in [-0.2, -0.15) is 0 Å². The van der Waals surface area contributed by atoms with E-state index in [1.165, 1.54) is 6.08 Å². The number of pyridine rings is 1. The quantitative estimate of drug-likeness (QED) is 0.715. The molecule has 0 aliphatic carbocycles. The molecule has 0 spiro atoms. The second-order valence-corrected chi connectivity index (χ2v) is 3.57.